The first-order chi connectivity index (χ1) is 7.29. The van der Waals surface area contributed by atoms with Crippen LogP contribution in [0.1, 0.15) is 5.69 Å². The van der Waals surface area contributed by atoms with Crippen molar-refractivity contribution in [3.63, 3.8) is 0 Å². The van der Waals surface area contributed by atoms with Gasteiger partial charge in [-0.3, -0.25) is 0 Å². The second kappa shape index (κ2) is 4.65. The van der Waals surface area contributed by atoms with Crippen LogP contribution < -0.4 is 0 Å². The standard InChI is InChI=1S/C9H8ClN3OS/c1-14-3-6-2-8(10)13-9(12-6)7-4-15-5-11-7/h2,4-5H,3H2,1H3. The first-order valence-corrected chi connectivity index (χ1v) is 5.52. The molecule has 0 bridgehead atoms. The number of aromatic nitrogens is 3. The Labute approximate surface area is 95.9 Å². The second-order valence-corrected chi connectivity index (χ2v) is 3.92. The Bertz CT molecular complexity index is 447. The van der Waals surface area contributed by atoms with Gasteiger partial charge in [-0.05, 0) is 6.07 Å². The fourth-order valence-corrected chi connectivity index (χ4v) is 1.86. The average Bonchev–Trinajstić information content (AvgIpc) is 2.70. The zero-order chi connectivity index (χ0) is 10.7. The van der Waals surface area contributed by atoms with Gasteiger partial charge in [0.25, 0.3) is 0 Å². The van der Waals surface area contributed by atoms with Crippen LogP contribution in [-0.2, 0) is 11.3 Å². The molecule has 4 nitrogen and oxygen atoms in total. The lowest BCUT2D eigenvalue weighted by Gasteiger charge is -2.01. The molecule has 2 heterocycles. The highest BCUT2D eigenvalue weighted by Crippen LogP contribution is 2.18. The number of thiazole rings is 1. The molecule has 0 unspecified atom stereocenters. The van der Waals surface area contributed by atoms with Crippen LogP contribution >= 0.6 is 22.9 Å². The van der Waals surface area contributed by atoms with Gasteiger partial charge in [0.05, 0.1) is 17.8 Å². The molecule has 2 aromatic rings. The SMILES string of the molecule is COCc1cc(Cl)nc(-c2cscn2)n1. The summed E-state index contributed by atoms with van der Waals surface area (Å²) in [5.41, 5.74) is 3.22. The minimum absolute atomic E-state index is 0.403. The molecule has 0 radical (unpaired) electrons. The van der Waals surface area contributed by atoms with Crippen LogP contribution in [0.25, 0.3) is 11.5 Å². The van der Waals surface area contributed by atoms with Crippen LogP contribution in [0.2, 0.25) is 5.15 Å². The van der Waals surface area contributed by atoms with E-state index in [2.05, 4.69) is 15.0 Å². The minimum atomic E-state index is 0.403. The lowest BCUT2D eigenvalue weighted by atomic mass is 10.4. The lowest BCUT2D eigenvalue weighted by molar-refractivity contribution is 0.181. The number of methoxy groups -OCH3 is 1. The molecule has 0 saturated heterocycles. The molecule has 0 N–H and O–H groups in total. The van der Waals surface area contributed by atoms with Gasteiger partial charge >= 0.3 is 0 Å². The van der Waals surface area contributed by atoms with E-state index in [0.717, 1.165) is 11.4 Å². The van der Waals surface area contributed by atoms with Gasteiger partial charge in [-0.25, -0.2) is 15.0 Å². The first-order valence-electron chi connectivity index (χ1n) is 4.20. The van der Waals surface area contributed by atoms with Crippen LogP contribution in [-0.4, -0.2) is 22.1 Å². The van der Waals surface area contributed by atoms with E-state index < -0.39 is 0 Å². The number of ether oxygens (including phenoxy) is 1. The summed E-state index contributed by atoms with van der Waals surface area (Å²) < 4.78 is 4.99. The highest BCUT2D eigenvalue weighted by molar-refractivity contribution is 7.07. The summed E-state index contributed by atoms with van der Waals surface area (Å²) in [7, 11) is 1.61. The third-order valence-electron chi connectivity index (χ3n) is 1.70. The Morgan fingerprint density at radius 3 is 3.00 bits per heavy atom. The van der Waals surface area contributed by atoms with E-state index in [4.69, 9.17) is 16.3 Å². The minimum Gasteiger partial charge on any atom is -0.378 e. The third kappa shape index (κ3) is 2.50. The van der Waals surface area contributed by atoms with Crippen molar-refractivity contribution in [2.75, 3.05) is 7.11 Å². The highest BCUT2D eigenvalue weighted by Gasteiger charge is 2.07. The maximum atomic E-state index is 5.87. The normalized spacial score (nSPS) is 10.5. The van der Waals surface area contributed by atoms with Crippen molar-refractivity contribution < 1.29 is 4.74 Å². The molecule has 0 saturated carbocycles. The molecule has 2 rings (SSSR count). The smallest absolute Gasteiger partial charge is 0.180 e. The van der Waals surface area contributed by atoms with Gasteiger partial charge in [0, 0.05) is 12.5 Å². The summed E-state index contributed by atoms with van der Waals surface area (Å²) in [6.07, 6.45) is 0. The van der Waals surface area contributed by atoms with Crippen molar-refractivity contribution in [3.8, 4) is 11.5 Å². The fourth-order valence-electron chi connectivity index (χ4n) is 1.12. The molecule has 0 atom stereocenters. The van der Waals surface area contributed by atoms with E-state index >= 15 is 0 Å². The van der Waals surface area contributed by atoms with Gasteiger partial charge in [-0.1, -0.05) is 11.6 Å². The molecule has 0 aromatic carbocycles. The molecule has 78 valence electrons. The molecule has 6 heteroatoms. The van der Waals surface area contributed by atoms with Crippen molar-refractivity contribution in [3.05, 3.63) is 27.8 Å². The molecule has 0 spiro atoms. The molecule has 15 heavy (non-hydrogen) atoms. The van der Waals surface area contributed by atoms with Crippen molar-refractivity contribution in [2.24, 2.45) is 0 Å². The van der Waals surface area contributed by atoms with E-state index in [0.29, 0.717) is 17.6 Å². The maximum absolute atomic E-state index is 5.87. The molecule has 0 aliphatic rings. The van der Waals surface area contributed by atoms with Crippen LogP contribution in [0.15, 0.2) is 17.0 Å². The summed E-state index contributed by atoms with van der Waals surface area (Å²) >= 11 is 7.37. The van der Waals surface area contributed by atoms with Crippen molar-refractivity contribution in [2.45, 2.75) is 6.61 Å². The van der Waals surface area contributed by atoms with Gasteiger partial charge in [-0.15, -0.1) is 11.3 Å². The molecular formula is C9H8ClN3OS. The summed E-state index contributed by atoms with van der Waals surface area (Å²) in [5.74, 6) is 0.538. The lowest BCUT2D eigenvalue weighted by Crippen LogP contribution is -1.97. The predicted octanol–water partition coefficient (Wildman–Crippen LogP) is 2.40. The van der Waals surface area contributed by atoms with Gasteiger partial charge in [0.1, 0.15) is 10.8 Å². The summed E-state index contributed by atoms with van der Waals surface area (Å²) in [4.78, 5) is 12.5. The van der Waals surface area contributed by atoms with Crippen molar-refractivity contribution in [1.82, 2.24) is 15.0 Å². The number of rotatable bonds is 3. The van der Waals surface area contributed by atoms with Crippen LogP contribution in [0.5, 0.6) is 0 Å². The van der Waals surface area contributed by atoms with Crippen LogP contribution in [0.3, 0.4) is 0 Å². The highest BCUT2D eigenvalue weighted by atomic mass is 35.5. The van der Waals surface area contributed by atoms with E-state index in [9.17, 15) is 0 Å². The van der Waals surface area contributed by atoms with Crippen molar-refractivity contribution >= 4 is 22.9 Å². The Balaban J connectivity index is 2.40. The van der Waals surface area contributed by atoms with Gasteiger partial charge in [0.2, 0.25) is 0 Å². The second-order valence-electron chi connectivity index (χ2n) is 2.81. The molecule has 0 aliphatic carbocycles. The van der Waals surface area contributed by atoms with E-state index in [1.165, 1.54) is 11.3 Å². The third-order valence-corrected chi connectivity index (χ3v) is 2.48. The van der Waals surface area contributed by atoms with Gasteiger partial charge in [-0.2, -0.15) is 0 Å². The van der Waals surface area contributed by atoms with Crippen molar-refractivity contribution in [1.29, 1.82) is 0 Å². The van der Waals surface area contributed by atoms with Gasteiger partial charge in [0.15, 0.2) is 5.82 Å². The summed E-state index contributed by atoms with van der Waals surface area (Å²) in [5, 5.41) is 2.28. The molecule has 0 amide bonds. The van der Waals surface area contributed by atoms with Gasteiger partial charge < -0.3 is 4.74 Å². The van der Waals surface area contributed by atoms with E-state index in [1.54, 1.807) is 18.7 Å². The first kappa shape index (κ1) is 10.5. The van der Waals surface area contributed by atoms with Crippen LogP contribution in [0, 0.1) is 0 Å². The summed E-state index contributed by atoms with van der Waals surface area (Å²) in [6, 6.07) is 1.68. The zero-order valence-electron chi connectivity index (χ0n) is 7.98. The number of hydrogen-bond donors (Lipinski definition) is 0. The Hall–Kier alpha value is -1.04. The monoisotopic (exact) mass is 241 g/mol. The Morgan fingerprint density at radius 2 is 2.33 bits per heavy atom. The molecule has 2 aromatic heterocycles. The average molecular weight is 242 g/mol. The topological polar surface area (TPSA) is 47.9 Å². The van der Waals surface area contributed by atoms with Crippen LogP contribution in [0.4, 0.5) is 0 Å². The summed E-state index contributed by atoms with van der Waals surface area (Å²) in [6.45, 7) is 0.416. The Morgan fingerprint density at radius 1 is 1.47 bits per heavy atom. The molecule has 0 fully saturated rings. The largest absolute Gasteiger partial charge is 0.378 e. The zero-order valence-corrected chi connectivity index (χ0v) is 9.55. The molecular weight excluding hydrogens is 234 g/mol. The number of hydrogen-bond acceptors (Lipinski definition) is 5. The molecule has 0 aliphatic heterocycles. The van der Waals surface area contributed by atoms with E-state index in [1.807, 2.05) is 5.38 Å². The predicted molar refractivity (Wildman–Crippen MR) is 58.9 cm³/mol. The number of nitrogens with zero attached hydrogens (tertiary/aromatic N) is 3. The fraction of sp³-hybridized carbons (Fsp3) is 0.222. The maximum Gasteiger partial charge on any atom is 0.180 e. The van der Waals surface area contributed by atoms with E-state index in [-0.39, 0.29) is 0 Å². The Kier molecular flexibility index (Phi) is 3.25. The quantitative estimate of drug-likeness (QED) is 0.775. The number of halogens is 1.